The summed E-state index contributed by atoms with van der Waals surface area (Å²) in [6.07, 6.45) is 0. The van der Waals surface area contributed by atoms with Gasteiger partial charge in [0.2, 0.25) is 11.2 Å². The molecular formula is C25H19Cl2NO4. The van der Waals surface area contributed by atoms with Gasteiger partial charge < -0.3 is 14.5 Å². The molecule has 0 spiro atoms. The Labute approximate surface area is 194 Å². The highest BCUT2D eigenvalue weighted by Gasteiger charge is 2.19. The van der Waals surface area contributed by atoms with Gasteiger partial charge in [-0.2, -0.15) is 0 Å². The van der Waals surface area contributed by atoms with E-state index in [9.17, 15) is 9.59 Å². The molecule has 1 aromatic heterocycles. The van der Waals surface area contributed by atoms with Crippen molar-refractivity contribution in [2.45, 2.75) is 13.8 Å². The zero-order valence-corrected chi connectivity index (χ0v) is 18.9. The van der Waals surface area contributed by atoms with Crippen molar-refractivity contribution in [1.82, 2.24) is 0 Å². The molecule has 1 amide bonds. The second kappa shape index (κ2) is 9.07. The lowest BCUT2D eigenvalue weighted by atomic mass is 10.1. The van der Waals surface area contributed by atoms with Gasteiger partial charge in [-0.05, 0) is 44.2 Å². The topological polar surface area (TPSA) is 68.5 Å². The molecule has 0 fully saturated rings. The van der Waals surface area contributed by atoms with Crippen LogP contribution in [0.3, 0.4) is 0 Å². The van der Waals surface area contributed by atoms with Gasteiger partial charge in [0.1, 0.15) is 5.58 Å². The number of aryl methyl sites for hydroxylation is 2. The van der Waals surface area contributed by atoms with Crippen molar-refractivity contribution in [3.63, 3.8) is 0 Å². The molecule has 0 saturated heterocycles. The molecule has 32 heavy (non-hydrogen) atoms. The summed E-state index contributed by atoms with van der Waals surface area (Å²) in [6.45, 7) is 3.47. The number of ether oxygens (including phenoxy) is 1. The van der Waals surface area contributed by atoms with Crippen LogP contribution in [0.15, 0.2) is 69.9 Å². The Bertz CT molecular complexity index is 1380. The van der Waals surface area contributed by atoms with Crippen LogP contribution < -0.4 is 15.5 Å². The lowest BCUT2D eigenvalue weighted by Crippen LogP contribution is -2.22. The lowest BCUT2D eigenvalue weighted by Gasteiger charge is -2.12. The van der Waals surface area contributed by atoms with E-state index in [2.05, 4.69) is 5.32 Å². The van der Waals surface area contributed by atoms with Gasteiger partial charge in [0, 0.05) is 11.3 Å². The summed E-state index contributed by atoms with van der Waals surface area (Å²) in [5.74, 6) is -0.202. The Morgan fingerprint density at radius 2 is 1.66 bits per heavy atom. The second-order valence-corrected chi connectivity index (χ2v) is 8.24. The van der Waals surface area contributed by atoms with E-state index in [4.69, 9.17) is 32.4 Å². The van der Waals surface area contributed by atoms with Crippen LogP contribution in [-0.4, -0.2) is 12.5 Å². The number of carbonyl (C=O) groups is 1. The standard InChI is InChI=1S/C25H19Cl2NO4/c1-14-3-6-16(7-4-14)24-25(23(30)18-11-15(2)5-10-21(18)32-24)31-13-22(29)28-17-8-9-19(26)20(27)12-17/h3-12H,13H2,1-2H3,(H,28,29). The second-order valence-electron chi connectivity index (χ2n) is 7.42. The van der Waals surface area contributed by atoms with E-state index in [1.165, 1.54) is 6.07 Å². The monoisotopic (exact) mass is 467 g/mol. The van der Waals surface area contributed by atoms with Gasteiger partial charge in [0.25, 0.3) is 5.91 Å². The predicted octanol–water partition coefficient (Wildman–Crippen LogP) is 6.40. The molecule has 162 valence electrons. The smallest absolute Gasteiger partial charge is 0.262 e. The highest BCUT2D eigenvalue weighted by atomic mass is 35.5. The molecule has 0 aliphatic heterocycles. The molecule has 0 saturated carbocycles. The summed E-state index contributed by atoms with van der Waals surface area (Å²) in [6, 6.07) is 17.6. The van der Waals surface area contributed by atoms with Crippen molar-refractivity contribution in [3.8, 4) is 17.1 Å². The molecule has 0 atom stereocenters. The first-order valence-electron chi connectivity index (χ1n) is 9.84. The number of anilines is 1. The molecule has 1 N–H and O–H groups in total. The summed E-state index contributed by atoms with van der Waals surface area (Å²) in [5.41, 5.74) is 3.23. The van der Waals surface area contributed by atoms with E-state index in [1.54, 1.807) is 24.3 Å². The average molecular weight is 468 g/mol. The molecule has 3 aromatic carbocycles. The zero-order valence-electron chi connectivity index (χ0n) is 17.4. The summed E-state index contributed by atoms with van der Waals surface area (Å²) in [5, 5.41) is 3.76. The molecule has 4 rings (SSSR count). The van der Waals surface area contributed by atoms with E-state index in [0.717, 1.165) is 11.1 Å². The third-order valence-corrected chi connectivity index (χ3v) is 5.61. The molecular weight excluding hydrogens is 449 g/mol. The highest BCUT2D eigenvalue weighted by Crippen LogP contribution is 2.31. The van der Waals surface area contributed by atoms with Gasteiger partial charge in [-0.1, -0.05) is 64.7 Å². The van der Waals surface area contributed by atoms with E-state index in [1.807, 2.05) is 44.2 Å². The number of amides is 1. The van der Waals surface area contributed by atoms with Crippen LogP contribution in [0.1, 0.15) is 11.1 Å². The zero-order chi connectivity index (χ0) is 22.8. The number of rotatable bonds is 5. The Morgan fingerprint density at radius 1 is 0.938 bits per heavy atom. The van der Waals surface area contributed by atoms with Crippen LogP contribution >= 0.6 is 23.2 Å². The number of nitrogens with one attached hydrogen (secondary N) is 1. The Balaban J connectivity index is 1.68. The molecule has 0 bridgehead atoms. The molecule has 0 unspecified atom stereocenters. The van der Waals surface area contributed by atoms with E-state index in [0.29, 0.717) is 32.3 Å². The fourth-order valence-corrected chi connectivity index (χ4v) is 3.52. The third-order valence-electron chi connectivity index (χ3n) is 4.87. The van der Waals surface area contributed by atoms with Gasteiger partial charge in [-0.3, -0.25) is 9.59 Å². The molecule has 5 nitrogen and oxygen atoms in total. The van der Waals surface area contributed by atoms with E-state index >= 15 is 0 Å². The average Bonchev–Trinajstić information content (AvgIpc) is 2.76. The van der Waals surface area contributed by atoms with Crippen LogP contribution in [0, 0.1) is 13.8 Å². The first kappa shape index (κ1) is 21.9. The van der Waals surface area contributed by atoms with Crippen LogP contribution in [0.2, 0.25) is 10.0 Å². The van der Waals surface area contributed by atoms with Gasteiger partial charge in [-0.15, -0.1) is 0 Å². The molecule has 7 heteroatoms. The SMILES string of the molecule is Cc1ccc(-c2oc3ccc(C)cc3c(=O)c2OCC(=O)Nc2ccc(Cl)c(Cl)c2)cc1. The van der Waals surface area contributed by atoms with Gasteiger partial charge >= 0.3 is 0 Å². The normalized spacial score (nSPS) is 10.9. The number of benzene rings is 3. The number of hydrogen-bond acceptors (Lipinski definition) is 4. The predicted molar refractivity (Wildman–Crippen MR) is 128 cm³/mol. The van der Waals surface area contributed by atoms with Gasteiger partial charge in [0.15, 0.2) is 12.4 Å². The van der Waals surface area contributed by atoms with Crippen molar-refractivity contribution >= 4 is 45.8 Å². The summed E-state index contributed by atoms with van der Waals surface area (Å²) < 4.78 is 11.8. The van der Waals surface area contributed by atoms with Crippen LogP contribution in [-0.2, 0) is 4.79 Å². The molecule has 0 radical (unpaired) electrons. The van der Waals surface area contributed by atoms with Crippen molar-refractivity contribution in [2.75, 3.05) is 11.9 Å². The maximum Gasteiger partial charge on any atom is 0.262 e. The van der Waals surface area contributed by atoms with Gasteiger partial charge in [0.05, 0.1) is 15.4 Å². The van der Waals surface area contributed by atoms with Crippen molar-refractivity contribution < 1.29 is 13.9 Å². The lowest BCUT2D eigenvalue weighted by molar-refractivity contribution is -0.118. The number of hydrogen-bond donors (Lipinski definition) is 1. The summed E-state index contributed by atoms with van der Waals surface area (Å²) >= 11 is 11.9. The van der Waals surface area contributed by atoms with Crippen molar-refractivity contribution in [2.24, 2.45) is 0 Å². The number of carbonyl (C=O) groups excluding carboxylic acids is 1. The van der Waals surface area contributed by atoms with Crippen LogP contribution in [0.5, 0.6) is 5.75 Å². The molecule has 1 heterocycles. The minimum absolute atomic E-state index is 0.0174. The van der Waals surface area contributed by atoms with E-state index < -0.39 is 5.91 Å². The Hall–Kier alpha value is -3.28. The molecule has 0 aliphatic rings. The fraction of sp³-hybridized carbons (Fsp3) is 0.120. The number of halogens is 2. The maximum absolute atomic E-state index is 13.2. The Morgan fingerprint density at radius 3 is 2.38 bits per heavy atom. The summed E-state index contributed by atoms with van der Waals surface area (Å²) in [4.78, 5) is 25.7. The first-order chi connectivity index (χ1) is 15.3. The third kappa shape index (κ3) is 4.64. The minimum Gasteiger partial charge on any atom is -0.476 e. The van der Waals surface area contributed by atoms with Crippen molar-refractivity contribution in [1.29, 1.82) is 0 Å². The van der Waals surface area contributed by atoms with E-state index in [-0.39, 0.29) is 23.5 Å². The molecule has 4 aromatic rings. The summed E-state index contributed by atoms with van der Waals surface area (Å²) in [7, 11) is 0. The van der Waals surface area contributed by atoms with Crippen LogP contribution in [0.25, 0.3) is 22.3 Å². The van der Waals surface area contributed by atoms with Crippen LogP contribution in [0.4, 0.5) is 5.69 Å². The maximum atomic E-state index is 13.2. The fourth-order valence-electron chi connectivity index (χ4n) is 3.23. The largest absolute Gasteiger partial charge is 0.476 e. The van der Waals surface area contributed by atoms with Gasteiger partial charge in [-0.25, -0.2) is 0 Å². The van der Waals surface area contributed by atoms with Crippen molar-refractivity contribution in [3.05, 3.63) is 92.1 Å². The molecule has 0 aliphatic carbocycles. The number of fused-ring (bicyclic) bond motifs is 1. The minimum atomic E-state index is -0.456. The quantitative estimate of drug-likeness (QED) is 0.368. The first-order valence-corrected chi connectivity index (χ1v) is 10.6. The highest BCUT2D eigenvalue weighted by molar-refractivity contribution is 6.42. The Kier molecular flexibility index (Phi) is 6.21.